The zero-order valence-electron chi connectivity index (χ0n) is 17.7. The van der Waals surface area contributed by atoms with Gasteiger partial charge in [0, 0.05) is 12.1 Å². The molecule has 1 saturated heterocycles. The minimum atomic E-state index is -0.683. The van der Waals surface area contributed by atoms with Crippen LogP contribution in [0.4, 0.5) is 0 Å². The standard InChI is InChI=1S/C24H27NO5/c1-5-13-25-21(17-7-6-8-19(14-17)30-15(2)3)20(23(27)24(25)28)22(26)16-9-11-18(29-4)12-10-16/h6-12,14-15,21,26H,5,13H2,1-4H3/b22-20-. The average molecular weight is 409 g/mol. The van der Waals surface area contributed by atoms with Crippen LogP contribution in [0.1, 0.15) is 44.4 Å². The van der Waals surface area contributed by atoms with Crippen LogP contribution in [0.3, 0.4) is 0 Å². The molecule has 1 unspecified atom stereocenters. The van der Waals surface area contributed by atoms with Crippen LogP contribution < -0.4 is 9.47 Å². The summed E-state index contributed by atoms with van der Waals surface area (Å²) in [4.78, 5) is 27.2. The first-order valence-electron chi connectivity index (χ1n) is 10.1. The lowest BCUT2D eigenvalue weighted by Crippen LogP contribution is -2.30. The number of methoxy groups -OCH3 is 1. The molecule has 1 aliphatic heterocycles. The molecule has 158 valence electrons. The highest BCUT2D eigenvalue weighted by atomic mass is 16.5. The molecule has 1 atom stereocenters. The number of benzene rings is 2. The zero-order valence-corrected chi connectivity index (χ0v) is 17.7. The molecule has 0 aliphatic carbocycles. The third kappa shape index (κ3) is 4.17. The number of nitrogens with zero attached hydrogens (tertiary/aromatic N) is 1. The first-order valence-corrected chi connectivity index (χ1v) is 10.1. The third-order valence-electron chi connectivity index (χ3n) is 4.91. The number of amides is 1. The van der Waals surface area contributed by atoms with Crippen LogP contribution in [0, 0.1) is 0 Å². The van der Waals surface area contributed by atoms with Crippen molar-refractivity contribution in [2.24, 2.45) is 0 Å². The SMILES string of the molecule is CCCN1C(=O)C(=O)/C(=C(\O)c2ccc(OC)cc2)C1c1cccc(OC(C)C)c1. The molecular formula is C24H27NO5. The number of hydrogen-bond donors (Lipinski definition) is 1. The Morgan fingerprint density at radius 1 is 1.10 bits per heavy atom. The number of likely N-dealkylation sites (tertiary alicyclic amines) is 1. The van der Waals surface area contributed by atoms with Crippen molar-refractivity contribution in [3.63, 3.8) is 0 Å². The summed E-state index contributed by atoms with van der Waals surface area (Å²) in [6.45, 7) is 6.21. The van der Waals surface area contributed by atoms with Gasteiger partial charge in [0.05, 0.1) is 24.8 Å². The fourth-order valence-corrected chi connectivity index (χ4v) is 3.63. The number of rotatable bonds is 7. The Balaban J connectivity index is 2.13. The predicted octanol–water partition coefficient (Wildman–Crippen LogP) is 4.31. The lowest BCUT2D eigenvalue weighted by atomic mass is 9.95. The van der Waals surface area contributed by atoms with E-state index in [4.69, 9.17) is 9.47 Å². The maximum Gasteiger partial charge on any atom is 0.295 e. The molecule has 0 bridgehead atoms. The van der Waals surface area contributed by atoms with Gasteiger partial charge < -0.3 is 19.5 Å². The van der Waals surface area contributed by atoms with Crippen LogP contribution in [-0.4, -0.2) is 41.5 Å². The van der Waals surface area contributed by atoms with Gasteiger partial charge in [0.25, 0.3) is 11.7 Å². The molecule has 0 spiro atoms. The Kier molecular flexibility index (Phi) is 6.45. The van der Waals surface area contributed by atoms with E-state index in [0.717, 1.165) is 5.56 Å². The smallest absolute Gasteiger partial charge is 0.295 e. The maximum absolute atomic E-state index is 12.9. The van der Waals surface area contributed by atoms with Crippen molar-refractivity contribution in [2.75, 3.05) is 13.7 Å². The van der Waals surface area contributed by atoms with Crippen molar-refractivity contribution < 1.29 is 24.2 Å². The molecule has 1 aliphatic rings. The molecule has 30 heavy (non-hydrogen) atoms. The summed E-state index contributed by atoms with van der Waals surface area (Å²) in [5, 5.41) is 11.0. The van der Waals surface area contributed by atoms with Crippen LogP contribution in [0.25, 0.3) is 5.76 Å². The molecule has 1 fully saturated rings. The van der Waals surface area contributed by atoms with Crippen molar-refractivity contribution >= 4 is 17.4 Å². The molecule has 0 radical (unpaired) electrons. The van der Waals surface area contributed by atoms with Crippen molar-refractivity contribution in [2.45, 2.75) is 39.3 Å². The summed E-state index contributed by atoms with van der Waals surface area (Å²) in [6.07, 6.45) is 0.676. The number of ketones is 1. The van der Waals surface area contributed by atoms with Gasteiger partial charge in [-0.05, 0) is 62.2 Å². The van der Waals surface area contributed by atoms with Crippen molar-refractivity contribution in [1.82, 2.24) is 4.90 Å². The monoisotopic (exact) mass is 409 g/mol. The summed E-state index contributed by atoms with van der Waals surface area (Å²) in [7, 11) is 1.55. The lowest BCUT2D eigenvalue weighted by molar-refractivity contribution is -0.139. The minimum absolute atomic E-state index is 0.0125. The van der Waals surface area contributed by atoms with Gasteiger partial charge in [-0.25, -0.2) is 0 Å². The summed E-state index contributed by atoms with van der Waals surface area (Å²) in [6, 6.07) is 13.4. The van der Waals surface area contributed by atoms with Gasteiger partial charge in [-0.15, -0.1) is 0 Å². The number of carbonyl (C=O) groups is 2. The summed E-state index contributed by atoms with van der Waals surface area (Å²) >= 11 is 0. The van der Waals surface area contributed by atoms with Gasteiger partial charge in [-0.2, -0.15) is 0 Å². The Bertz CT molecular complexity index is 962. The van der Waals surface area contributed by atoms with E-state index >= 15 is 0 Å². The van der Waals surface area contributed by atoms with E-state index in [-0.39, 0.29) is 17.4 Å². The van der Waals surface area contributed by atoms with Crippen LogP contribution in [0.2, 0.25) is 0 Å². The quantitative estimate of drug-likeness (QED) is 0.419. The normalized spacial score (nSPS) is 18.2. The van der Waals surface area contributed by atoms with Gasteiger partial charge in [0.1, 0.15) is 17.3 Å². The van der Waals surface area contributed by atoms with Crippen molar-refractivity contribution in [1.29, 1.82) is 0 Å². The average Bonchev–Trinajstić information content (AvgIpc) is 2.98. The first kappa shape index (κ1) is 21.4. The molecule has 2 aromatic carbocycles. The molecule has 0 aromatic heterocycles. The van der Waals surface area contributed by atoms with Crippen LogP contribution >= 0.6 is 0 Å². The van der Waals surface area contributed by atoms with E-state index in [0.29, 0.717) is 30.0 Å². The first-order chi connectivity index (χ1) is 14.4. The van der Waals surface area contributed by atoms with E-state index in [1.165, 1.54) is 4.90 Å². The topological polar surface area (TPSA) is 76.1 Å². The summed E-state index contributed by atoms with van der Waals surface area (Å²) in [5.74, 6) is -0.207. The predicted molar refractivity (Wildman–Crippen MR) is 115 cm³/mol. The van der Waals surface area contributed by atoms with Crippen LogP contribution in [0.5, 0.6) is 11.5 Å². The molecule has 1 heterocycles. The van der Waals surface area contributed by atoms with Gasteiger partial charge >= 0.3 is 0 Å². The number of ether oxygens (including phenoxy) is 2. The van der Waals surface area contributed by atoms with E-state index in [1.54, 1.807) is 31.4 Å². The summed E-state index contributed by atoms with van der Waals surface area (Å²) < 4.78 is 10.9. The Morgan fingerprint density at radius 2 is 1.80 bits per heavy atom. The highest BCUT2D eigenvalue weighted by molar-refractivity contribution is 6.46. The third-order valence-corrected chi connectivity index (χ3v) is 4.91. The molecule has 1 N–H and O–H groups in total. The number of aliphatic hydroxyl groups is 1. The van der Waals surface area contributed by atoms with E-state index < -0.39 is 17.7 Å². The van der Waals surface area contributed by atoms with E-state index in [1.807, 2.05) is 45.0 Å². The fourth-order valence-electron chi connectivity index (χ4n) is 3.63. The number of carbonyl (C=O) groups excluding carboxylic acids is 2. The fraction of sp³-hybridized carbons (Fsp3) is 0.333. The molecule has 6 heteroatoms. The molecule has 3 rings (SSSR count). The number of hydrogen-bond acceptors (Lipinski definition) is 5. The number of Topliss-reactive ketones (excluding diaryl/α,β-unsaturated/α-hetero) is 1. The molecular weight excluding hydrogens is 382 g/mol. The lowest BCUT2D eigenvalue weighted by Gasteiger charge is -2.25. The molecule has 0 saturated carbocycles. The van der Waals surface area contributed by atoms with E-state index in [9.17, 15) is 14.7 Å². The minimum Gasteiger partial charge on any atom is -0.507 e. The summed E-state index contributed by atoms with van der Waals surface area (Å²) in [5.41, 5.74) is 1.25. The van der Waals surface area contributed by atoms with Gasteiger partial charge in [-0.3, -0.25) is 9.59 Å². The Morgan fingerprint density at radius 3 is 2.40 bits per heavy atom. The largest absolute Gasteiger partial charge is 0.507 e. The van der Waals surface area contributed by atoms with Crippen molar-refractivity contribution in [3.8, 4) is 11.5 Å². The van der Waals surface area contributed by atoms with E-state index in [2.05, 4.69) is 0 Å². The van der Waals surface area contributed by atoms with Gasteiger partial charge in [-0.1, -0.05) is 19.1 Å². The van der Waals surface area contributed by atoms with Crippen LogP contribution in [0.15, 0.2) is 54.1 Å². The maximum atomic E-state index is 12.9. The Hall–Kier alpha value is -3.28. The second-order valence-corrected chi connectivity index (χ2v) is 7.46. The second-order valence-electron chi connectivity index (χ2n) is 7.46. The second kappa shape index (κ2) is 9.03. The van der Waals surface area contributed by atoms with Gasteiger partial charge in [0.2, 0.25) is 0 Å². The molecule has 1 amide bonds. The molecule has 6 nitrogen and oxygen atoms in total. The number of aliphatic hydroxyl groups excluding tert-OH is 1. The highest BCUT2D eigenvalue weighted by Gasteiger charge is 2.45. The van der Waals surface area contributed by atoms with Crippen molar-refractivity contribution in [3.05, 3.63) is 65.2 Å². The van der Waals surface area contributed by atoms with Crippen LogP contribution in [-0.2, 0) is 9.59 Å². The molecule has 2 aromatic rings. The zero-order chi connectivity index (χ0) is 21.8. The Labute approximate surface area is 176 Å². The van der Waals surface area contributed by atoms with Gasteiger partial charge in [0.15, 0.2) is 0 Å². The highest BCUT2D eigenvalue weighted by Crippen LogP contribution is 2.40.